The standard InChI is InChI=1S/C11H18O3/c1-11(7-8-5-3-4-6-8)9(14-11)10(12)13-2/h8-9H,3-7H2,1-2H3. The molecule has 1 aliphatic carbocycles. The molecular formula is C11H18O3. The lowest BCUT2D eigenvalue weighted by molar-refractivity contribution is -0.142. The number of rotatable bonds is 3. The zero-order valence-corrected chi connectivity index (χ0v) is 8.91. The van der Waals surface area contributed by atoms with Crippen LogP contribution in [0.25, 0.3) is 0 Å². The number of methoxy groups -OCH3 is 1. The molecule has 0 N–H and O–H groups in total. The molecule has 3 heteroatoms. The first-order valence-electron chi connectivity index (χ1n) is 5.41. The number of epoxide rings is 1. The largest absolute Gasteiger partial charge is 0.467 e. The summed E-state index contributed by atoms with van der Waals surface area (Å²) in [6.45, 7) is 2.02. The van der Waals surface area contributed by atoms with Gasteiger partial charge in [0.1, 0.15) is 5.60 Å². The van der Waals surface area contributed by atoms with Gasteiger partial charge in [0.15, 0.2) is 6.10 Å². The summed E-state index contributed by atoms with van der Waals surface area (Å²) < 4.78 is 10.1. The Labute approximate surface area is 84.8 Å². The highest BCUT2D eigenvalue weighted by Gasteiger charge is 2.58. The van der Waals surface area contributed by atoms with Gasteiger partial charge in [-0.1, -0.05) is 25.7 Å². The van der Waals surface area contributed by atoms with E-state index in [-0.39, 0.29) is 17.7 Å². The van der Waals surface area contributed by atoms with Crippen molar-refractivity contribution in [3.05, 3.63) is 0 Å². The van der Waals surface area contributed by atoms with Crippen molar-refractivity contribution in [3.63, 3.8) is 0 Å². The Bertz CT molecular complexity index is 233. The van der Waals surface area contributed by atoms with Gasteiger partial charge in [-0.05, 0) is 19.3 Å². The second kappa shape index (κ2) is 3.54. The molecule has 0 spiro atoms. The average molecular weight is 198 g/mol. The Morgan fingerprint density at radius 1 is 1.50 bits per heavy atom. The average Bonchev–Trinajstić information content (AvgIpc) is 2.62. The van der Waals surface area contributed by atoms with Gasteiger partial charge in [0.2, 0.25) is 0 Å². The van der Waals surface area contributed by atoms with Crippen LogP contribution in [0.3, 0.4) is 0 Å². The summed E-state index contributed by atoms with van der Waals surface area (Å²) in [5.41, 5.74) is -0.220. The van der Waals surface area contributed by atoms with Crippen LogP contribution in [0.5, 0.6) is 0 Å². The lowest BCUT2D eigenvalue weighted by atomic mass is 9.92. The maximum atomic E-state index is 11.2. The minimum absolute atomic E-state index is 0.217. The van der Waals surface area contributed by atoms with Crippen molar-refractivity contribution < 1.29 is 14.3 Å². The molecule has 2 rings (SSSR count). The Balaban J connectivity index is 1.84. The van der Waals surface area contributed by atoms with Gasteiger partial charge < -0.3 is 9.47 Å². The minimum Gasteiger partial charge on any atom is -0.467 e. The molecule has 80 valence electrons. The summed E-state index contributed by atoms with van der Waals surface area (Å²) in [4.78, 5) is 11.2. The van der Waals surface area contributed by atoms with E-state index >= 15 is 0 Å². The fraction of sp³-hybridized carbons (Fsp3) is 0.909. The zero-order valence-electron chi connectivity index (χ0n) is 8.91. The zero-order chi connectivity index (χ0) is 10.2. The fourth-order valence-corrected chi connectivity index (χ4v) is 2.58. The predicted molar refractivity (Wildman–Crippen MR) is 51.9 cm³/mol. The van der Waals surface area contributed by atoms with Crippen LogP contribution in [0.2, 0.25) is 0 Å². The summed E-state index contributed by atoms with van der Waals surface area (Å²) in [5.74, 6) is 0.542. The molecular weight excluding hydrogens is 180 g/mol. The molecule has 14 heavy (non-hydrogen) atoms. The number of hydrogen-bond acceptors (Lipinski definition) is 3. The van der Waals surface area contributed by atoms with Gasteiger partial charge in [-0.2, -0.15) is 0 Å². The molecule has 0 aromatic heterocycles. The number of esters is 1. The van der Waals surface area contributed by atoms with Gasteiger partial charge in [0, 0.05) is 0 Å². The van der Waals surface area contributed by atoms with Gasteiger partial charge in [-0.25, -0.2) is 4.79 Å². The first-order chi connectivity index (χ1) is 6.65. The van der Waals surface area contributed by atoms with Gasteiger partial charge >= 0.3 is 5.97 Å². The SMILES string of the molecule is COC(=O)C1OC1(C)CC1CCCC1. The Morgan fingerprint density at radius 3 is 2.71 bits per heavy atom. The highest BCUT2D eigenvalue weighted by Crippen LogP contribution is 2.45. The van der Waals surface area contributed by atoms with Crippen LogP contribution < -0.4 is 0 Å². The predicted octanol–water partition coefficient (Wildman–Crippen LogP) is 1.90. The van der Waals surface area contributed by atoms with E-state index in [4.69, 9.17) is 4.74 Å². The highest BCUT2D eigenvalue weighted by molar-refractivity contribution is 5.79. The molecule has 0 aromatic rings. The van der Waals surface area contributed by atoms with Crippen LogP contribution in [-0.2, 0) is 14.3 Å². The summed E-state index contributed by atoms with van der Waals surface area (Å²) in [6, 6.07) is 0. The molecule has 1 aliphatic heterocycles. The Kier molecular flexibility index (Phi) is 2.52. The first kappa shape index (κ1) is 9.97. The van der Waals surface area contributed by atoms with Crippen molar-refractivity contribution in [2.75, 3.05) is 7.11 Å². The molecule has 2 fully saturated rings. The minimum atomic E-state index is -0.298. The maximum absolute atomic E-state index is 11.2. The van der Waals surface area contributed by atoms with Crippen molar-refractivity contribution >= 4 is 5.97 Å². The van der Waals surface area contributed by atoms with E-state index in [1.165, 1.54) is 32.8 Å². The lowest BCUT2D eigenvalue weighted by Gasteiger charge is -2.11. The number of hydrogen-bond donors (Lipinski definition) is 0. The monoisotopic (exact) mass is 198 g/mol. The summed E-state index contributed by atoms with van der Waals surface area (Å²) >= 11 is 0. The number of carbonyl (C=O) groups excluding carboxylic acids is 1. The quantitative estimate of drug-likeness (QED) is 0.513. The van der Waals surface area contributed by atoms with E-state index in [1.54, 1.807) is 0 Å². The van der Waals surface area contributed by atoms with Crippen molar-refractivity contribution in [2.24, 2.45) is 5.92 Å². The van der Waals surface area contributed by atoms with Crippen molar-refractivity contribution in [3.8, 4) is 0 Å². The van der Waals surface area contributed by atoms with Crippen molar-refractivity contribution in [1.82, 2.24) is 0 Å². The second-order valence-electron chi connectivity index (χ2n) is 4.69. The molecule has 0 bridgehead atoms. The van der Waals surface area contributed by atoms with Gasteiger partial charge in [0.25, 0.3) is 0 Å². The van der Waals surface area contributed by atoms with Gasteiger partial charge in [-0.3, -0.25) is 0 Å². The van der Waals surface area contributed by atoms with E-state index < -0.39 is 0 Å². The Morgan fingerprint density at radius 2 is 2.14 bits per heavy atom. The first-order valence-corrected chi connectivity index (χ1v) is 5.41. The fourth-order valence-electron chi connectivity index (χ4n) is 2.58. The highest BCUT2D eigenvalue weighted by atomic mass is 16.6. The van der Waals surface area contributed by atoms with Gasteiger partial charge in [-0.15, -0.1) is 0 Å². The van der Waals surface area contributed by atoms with Crippen molar-refractivity contribution in [2.45, 2.75) is 50.7 Å². The molecule has 3 nitrogen and oxygen atoms in total. The second-order valence-corrected chi connectivity index (χ2v) is 4.69. The normalized spacial score (nSPS) is 37.1. The van der Waals surface area contributed by atoms with Crippen LogP contribution in [-0.4, -0.2) is 24.8 Å². The third-order valence-electron chi connectivity index (χ3n) is 3.47. The third-order valence-corrected chi connectivity index (χ3v) is 3.47. The molecule has 2 aliphatic rings. The molecule has 1 saturated carbocycles. The van der Waals surface area contributed by atoms with Crippen LogP contribution in [0, 0.1) is 5.92 Å². The molecule has 0 radical (unpaired) electrons. The Hall–Kier alpha value is -0.570. The van der Waals surface area contributed by atoms with E-state index in [0.717, 1.165) is 12.3 Å². The van der Waals surface area contributed by atoms with Crippen LogP contribution in [0.4, 0.5) is 0 Å². The van der Waals surface area contributed by atoms with E-state index in [0.29, 0.717) is 0 Å². The van der Waals surface area contributed by atoms with E-state index in [9.17, 15) is 4.79 Å². The van der Waals surface area contributed by atoms with Crippen LogP contribution >= 0.6 is 0 Å². The van der Waals surface area contributed by atoms with Crippen LogP contribution in [0.1, 0.15) is 39.0 Å². The molecule has 2 atom stereocenters. The molecule has 1 heterocycles. The summed E-state index contributed by atoms with van der Waals surface area (Å²) in [5, 5.41) is 0. The van der Waals surface area contributed by atoms with E-state index in [1.807, 2.05) is 6.92 Å². The lowest BCUT2D eigenvalue weighted by Crippen LogP contribution is -2.21. The molecule has 2 unspecified atom stereocenters. The number of ether oxygens (including phenoxy) is 2. The number of carbonyl (C=O) groups is 1. The molecule has 0 amide bonds. The summed E-state index contributed by atoms with van der Waals surface area (Å²) in [6.07, 6.45) is 5.99. The molecule has 1 saturated heterocycles. The molecule has 0 aromatic carbocycles. The van der Waals surface area contributed by atoms with Crippen LogP contribution in [0.15, 0.2) is 0 Å². The maximum Gasteiger partial charge on any atom is 0.338 e. The smallest absolute Gasteiger partial charge is 0.338 e. The van der Waals surface area contributed by atoms with Crippen molar-refractivity contribution in [1.29, 1.82) is 0 Å². The van der Waals surface area contributed by atoms with Gasteiger partial charge in [0.05, 0.1) is 7.11 Å². The third kappa shape index (κ3) is 1.78. The topological polar surface area (TPSA) is 38.8 Å². The summed E-state index contributed by atoms with van der Waals surface area (Å²) in [7, 11) is 1.42. The van der Waals surface area contributed by atoms with E-state index in [2.05, 4.69) is 4.74 Å².